The normalized spacial score (nSPS) is 17.9. The number of carboxylic acid groups (broad SMARTS) is 2. The van der Waals surface area contributed by atoms with Gasteiger partial charge in [0.2, 0.25) is 0 Å². The highest BCUT2D eigenvalue weighted by atomic mass is 32.1. The van der Waals surface area contributed by atoms with Crippen LogP contribution in [0.25, 0.3) is 0 Å². The molecule has 2 aromatic rings. The van der Waals surface area contributed by atoms with E-state index in [0.717, 1.165) is 13.1 Å². The van der Waals surface area contributed by atoms with Gasteiger partial charge >= 0.3 is 24.3 Å². The molecule has 0 saturated carbocycles. The number of halogens is 6. The lowest BCUT2D eigenvalue weighted by Crippen LogP contribution is -2.46. The SMILES string of the molecule is Cc1ccc(CN2CCC3(CC2)CCN(Cc2cccs2)CC3)cc1.O=C(O)C(F)(F)F.O=C(O)C(F)(F)F. The van der Waals surface area contributed by atoms with Gasteiger partial charge in [-0.25, -0.2) is 9.59 Å². The molecule has 6 nitrogen and oxygen atoms in total. The molecule has 0 unspecified atom stereocenters. The molecule has 0 bridgehead atoms. The van der Waals surface area contributed by atoms with E-state index in [2.05, 4.69) is 58.5 Å². The van der Waals surface area contributed by atoms with Crippen LogP contribution in [0.2, 0.25) is 0 Å². The van der Waals surface area contributed by atoms with Crippen LogP contribution in [0.3, 0.4) is 0 Å². The van der Waals surface area contributed by atoms with E-state index in [1.807, 2.05) is 11.3 Å². The zero-order valence-electron chi connectivity index (χ0n) is 21.4. The summed E-state index contributed by atoms with van der Waals surface area (Å²) in [7, 11) is 0. The highest BCUT2D eigenvalue weighted by Crippen LogP contribution is 2.41. The maximum absolute atomic E-state index is 10.6. The molecule has 2 N–H and O–H groups in total. The first-order valence-electron chi connectivity index (χ1n) is 12.2. The molecule has 13 heteroatoms. The fourth-order valence-electron chi connectivity index (χ4n) is 4.45. The lowest BCUT2D eigenvalue weighted by molar-refractivity contribution is -0.193. The molecule has 1 aromatic heterocycles. The summed E-state index contributed by atoms with van der Waals surface area (Å²) in [6.45, 7) is 9.58. The fourth-order valence-corrected chi connectivity index (χ4v) is 5.19. The summed E-state index contributed by atoms with van der Waals surface area (Å²) < 4.78 is 63.5. The standard InChI is InChI=1S/C22H30N2S.2C2HF3O2/c1-19-4-6-20(7-5-19)17-23-12-8-22(9-13-23)10-14-24(15-11-22)18-21-3-2-16-25-21;2*3-2(4,5)1(6)7/h2-7,16H,8-15,17-18H2,1H3;2*(H,6,7). The van der Waals surface area contributed by atoms with E-state index < -0.39 is 24.3 Å². The Hall–Kier alpha value is -2.64. The topological polar surface area (TPSA) is 81.1 Å². The van der Waals surface area contributed by atoms with E-state index in [9.17, 15) is 26.3 Å². The minimum Gasteiger partial charge on any atom is -0.475 e. The third kappa shape index (κ3) is 11.6. The predicted molar refractivity (Wildman–Crippen MR) is 134 cm³/mol. The van der Waals surface area contributed by atoms with Crippen LogP contribution < -0.4 is 0 Å². The van der Waals surface area contributed by atoms with Gasteiger partial charge in [-0.1, -0.05) is 35.9 Å². The Morgan fingerprint density at radius 1 is 0.795 bits per heavy atom. The van der Waals surface area contributed by atoms with Crippen molar-refractivity contribution < 1.29 is 46.1 Å². The van der Waals surface area contributed by atoms with Crippen molar-refractivity contribution in [3.8, 4) is 0 Å². The average Bonchev–Trinajstić information content (AvgIpc) is 3.36. The monoisotopic (exact) mass is 582 g/mol. The van der Waals surface area contributed by atoms with Gasteiger partial charge < -0.3 is 10.2 Å². The lowest BCUT2D eigenvalue weighted by atomic mass is 9.71. The van der Waals surface area contributed by atoms with Crippen molar-refractivity contribution in [2.45, 2.75) is 58.0 Å². The number of hydrogen-bond acceptors (Lipinski definition) is 5. The van der Waals surface area contributed by atoms with E-state index in [-0.39, 0.29) is 0 Å². The summed E-state index contributed by atoms with van der Waals surface area (Å²) in [6.07, 6.45) is -4.58. The van der Waals surface area contributed by atoms with Crippen LogP contribution in [-0.4, -0.2) is 70.5 Å². The van der Waals surface area contributed by atoms with E-state index in [0.29, 0.717) is 5.41 Å². The van der Waals surface area contributed by atoms with Crippen molar-refractivity contribution in [1.29, 1.82) is 0 Å². The Labute approximate surface area is 226 Å². The van der Waals surface area contributed by atoms with Gasteiger partial charge in [0.15, 0.2) is 0 Å². The summed E-state index contributed by atoms with van der Waals surface area (Å²) in [4.78, 5) is 24.6. The molecule has 1 aromatic carbocycles. The summed E-state index contributed by atoms with van der Waals surface area (Å²) in [6, 6.07) is 13.5. The number of thiophene rings is 1. The lowest BCUT2D eigenvalue weighted by Gasteiger charge is -2.47. The van der Waals surface area contributed by atoms with Crippen LogP contribution in [-0.2, 0) is 22.7 Å². The Bertz CT molecular complexity index is 1000. The Kier molecular flexibility index (Phi) is 11.8. The van der Waals surface area contributed by atoms with Crippen molar-refractivity contribution >= 4 is 23.3 Å². The third-order valence-corrected chi connectivity index (χ3v) is 7.67. The smallest absolute Gasteiger partial charge is 0.475 e. The number of hydrogen-bond donors (Lipinski definition) is 2. The van der Waals surface area contributed by atoms with Crippen LogP contribution in [0.15, 0.2) is 41.8 Å². The minimum absolute atomic E-state index is 0.635. The number of aliphatic carboxylic acids is 2. The van der Waals surface area contributed by atoms with Gasteiger partial charge in [0.25, 0.3) is 0 Å². The number of carboxylic acids is 2. The molecule has 0 aliphatic carbocycles. The van der Waals surface area contributed by atoms with Crippen LogP contribution in [0.4, 0.5) is 26.3 Å². The number of benzene rings is 1. The van der Waals surface area contributed by atoms with Gasteiger partial charge in [0.1, 0.15) is 0 Å². The Morgan fingerprint density at radius 2 is 1.21 bits per heavy atom. The predicted octanol–water partition coefficient (Wildman–Crippen LogP) is 6.20. The molecular formula is C26H32F6N2O4S. The first-order valence-corrected chi connectivity index (χ1v) is 13.1. The zero-order chi connectivity index (χ0) is 29.3. The molecule has 3 heterocycles. The Morgan fingerprint density at radius 3 is 1.56 bits per heavy atom. The van der Waals surface area contributed by atoms with Crippen molar-refractivity contribution in [2.24, 2.45) is 5.41 Å². The van der Waals surface area contributed by atoms with Crippen LogP contribution in [0, 0.1) is 12.3 Å². The van der Waals surface area contributed by atoms with Crippen LogP contribution in [0.1, 0.15) is 41.7 Å². The molecule has 0 radical (unpaired) electrons. The average molecular weight is 583 g/mol. The summed E-state index contributed by atoms with van der Waals surface area (Å²) >= 11 is 1.90. The molecule has 0 atom stereocenters. The summed E-state index contributed by atoms with van der Waals surface area (Å²) in [5.74, 6) is -5.51. The zero-order valence-corrected chi connectivity index (χ0v) is 22.2. The second-order valence-electron chi connectivity index (χ2n) is 9.72. The number of nitrogens with zero attached hydrogens (tertiary/aromatic N) is 2. The van der Waals surface area contributed by atoms with Gasteiger partial charge in [0.05, 0.1) is 0 Å². The van der Waals surface area contributed by atoms with Crippen molar-refractivity contribution in [3.05, 3.63) is 57.8 Å². The van der Waals surface area contributed by atoms with Gasteiger partial charge in [-0.2, -0.15) is 26.3 Å². The maximum Gasteiger partial charge on any atom is 0.490 e. The quantitative estimate of drug-likeness (QED) is 0.418. The van der Waals surface area contributed by atoms with Gasteiger partial charge in [-0.05, 0) is 81.2 Å². The Balaban J connectivity index is 0.000000317. The highest BCUT2D eigenvalue weighted by Gasteiger charge is 2.39. The van der Waals surface area contributed by atoms with Crippen molar-refractivity contribution in [2.75, 3.05) is 26.2 Å². The molecule has 2 saturated heterocycles. The molecule has 2 aliphatic heterocycles. The summed E-state index contributed by atoms with van der Waals surface area (Å²) in [5, 5.41) is 16.4. The third-order valence-electron chi connectivity index (χ3n) is 6.80. The number of likely N-dealkylation sites (tertiary alicyclic amines) is 2. The number of aryl methyl sites for hydroxylation is 1. The van der Waals surface area contributed by atoms with E-state index in [1.165, 1.54) is 67.9 Å². The van der Waals surface area contributed by atoms with Crippen molar-refractivity contribution in [1.82, 2.24) is 9.80 Å². The van der Waals surface area contributed by atoms with E-state index >= 15 is 0 Å². The number of rotatable bonds is 4. The highest BCUT2D eigenvalue weighted by molar-refractivity contribution is 7.09. The maximum atomic E-state index is 10.6. The number of alkyl halides is 6. The van der Waals surface area contributed by atoms with E-state index in [4.69, 9.17) is 19.8 Å². The van der Waals surface area contributed by atoms with Gasteiger partial charge in [-0.15, -0.1) is 11.3 Å². The second-order valence-corrected chi connectivity index (χ2v) is 10.8. The largest absolute Gasteiger partial charge is 0.490 e. The second kappa shape index (κ2) is 14.1. The molecular weight excluding hydrogens is 550 g/mol. The summed E-state index contributed by atoms with van der Waals surface area (Å²) in [5.41, 5.74) is 3.46. The fraction of sp³-hybridized carbons (Fsp3) is 0.538. The number of carbonyl (C=O) groups is 2. The minimum atomic E-state index is -5.08. The molecule has 4 rings (SSSR count). The van der Waals surface area contributed by atoms with Crippen LogP contribution in [0.5, 0.6) is 0 Å². The molecule has 0 amide bonds. The van der Waals surface area contributed by atoms with E-state index in [1.54, 1.807) is 0 Å². The first-order chi connectivity index (χ1) is 18.1. The first kappa shape index (κ1) is 32.6. The van der Waals surface area contributed by atoms with Gasteiger partial charge in [-0.3, -0.25) is 9.80 Å². The molecule has 2 aliphatic rings. The van der Waals surface area contributed by atoms with Crippen molar-refractivity contribution in [3.63, 3.8) is 0 Å². The van der Waals surface area contributed by atoms with Crippen LogP contribution >= 0.6 is 11.3 Å². The molecule has 39 heavy (non-hydrogen) atoms. The molecule has 1 spiro atoms. The molecule has 2 fully saturated rings. The molecule has 218 valence electrons. The number of piperidine rings is 2. The van der Waals surface area contributed by atoms with Gasteiger partial charge in [0, 0.05) is 18.0 Å².